The first kappa shape index (κ1) is 13.8. The van der Waals surface area contributed by atoms with Crippen molar-refractivity contribution in [1.29, 1.82) is 0 Å². The van der Waals surface area contributed by atoms with Gasteiger partial charge in [0.1, 0.15) is 10.8 Å². The van der Waals surface area contributed by atoms with Crippen LogP contribution < -0.4 is 0 Å². The van der Waals surface area contributed by atoms with E-state index < -0.39 is 0 Å². The van der Waals surface area contributed by atoms with Gasteiger partial charge in [0.15, 0.2) is 5.82 Å². The van der Waals surface area contributed by atoms with Crippen LogP contribution in [0.3, 0.4) is 0 Å². The molecule has 1 heterocycles. The number of rotatable bonds is 4. The first-order chi connectivity index (χ1) is 8.63. The number of aryl methyl sites for hydroxylation is 1. The van der Waals surface area contributed by atoms with Crippen LogP contribution in [0.4, 0.5) is 0 Å². The molecule has 0 atom stereocenters. The molecule has 0 aliphatic heterocycles. The predicted molar refractivity (Wildman–Crippen MR) is 72.9 cm³/mol. The van der Waals surface area contributed by atoms with E-state index in [0.29, 0.717) is 11.8 Å². The molecule has 0 N–H and O–H groups in total. The molecule has 1 saturated carbocycles. The van der Waals surface area contributed by atoms with Crippen LogP contribution in [0.25, 0.3) is 0 Å². The lowest BCUT2D eigenvalue weighted by molar-refractivity contribution is -0.0458. The highest BCUT2D eigenvalue weighted by Gasteiger charge is 2.39. The van der Waals surface area contributed by atoms with Crippen LogP contribution in [0, 0.1) is 6.92 Å². The zero-order valence-corrected chi connectivity index (χ0v) is 12.2. The monoisotopic (exact) mass is 268 g/mol. The Morgan fingerprint density at radius 2 is 1.89 bits per heavy atom. The van der Waals surface area contributed by atoms with Crippen molar-refractivity contribution in [3.05, 3.63) is 22.2 Å². The van der Waals surface area contributed by atoms with Crippen molar-refractivity contribution >= 4 is 11.6 Å². The number of ether oxygens (including phenoxy) is 1. The Balaban J connectivity index is 2.43. The van der Waals surface area contributed by atoms with Gasteiger partial charge in [0.05, 0.1) is 0 Å². The number of aromatic nitrogens is 2. The molecule has 3 nitrogen and oxygen atoms in total. The molecule has 0 saturated heterocycles. The summed E-state index contributed by atoms with van der Waals surface area (Å²) in [7, 11) is 0. The van der Waals surface area contributed by atoms with Crippen LogP contribution in [0.5, 0.6) is 0 Å². The summed E-state index contributed by atoms with van der Waals surface area (Å²) in [4.78, 5) is 9.16. The second kappa shape index (κ2) is 5.54. The average molecular weight is 269 g/mol. The second-order valence-corrected chi connectivity index (χ2v) is 5.25. The molecule has 1 aliphatic carbocycles. The van der Waals surface area contributed by atoms with Gasteiger partial charge in [-0.05, 0) is 46.0 Å². The molecule has 0 spiro atoms. The lowest BCUT2D eigenvalue weighted by Crippen LogP contribution is -2.29. The highest BCUT2D eigenvalue weighted by Crippen LogP contribution is 2.41. The first-order valence-corrected chi connectivity index (χ1v) is 7.18. The smallest absolute Gasteiger partial charge is 0.162 e. The summed E-state index contributed by atoms with van der Waals surface area (Å²) in [5.41, 5.74) is 1.73. The first-order valence-electron chi connectivity index (χ1n) is 6.80. The predicted octanol–water partition coefficient (Wildman–Crippen LogP) is 3.81. The van der Waals surface area contributed by atoms with Gasteiger partial charge in [0.2, 0.25) is 0 Å². The molecule has 4 heteroatoms. The molecule has 100 valence electrons. The third-order valence-electron chi connectivity index (χ3n) is 3.76. The van der Waals surface area contributed by atoms with Crippen molar-refractivity contribution in [3.63, 3.8) is 0 Å². The zero-order valence-electron chi connectivity index (χ0n) is 11.4. The van der Waals surface area contributed by atoms with Crippen molar-refractivity contribution in [2.24, 2.45) is 0 Å². The number of nitrogens with zero attached hydrogens (tertiary/aromatic N) is 2. The van der Waals surface area contributed by atoms with Gasteiger partial charge in [-0.25, -0.2) is 9.97 Å². The van der Waals surface area contributed by atoms with Crippen molar-refractivity contribution in [3.8, 4) is 0 Å². The normalized spacial score (nSPS) is 18.2. The van der Waals surface area contributed by atoms with E-state index in [2.05, 4.69) is 16.9 Å². The van der Waals surface area contributed by atoms with Crippen molar-refractivity contribution in [2.75, 3.05) is 6.61 Å². The molecular formula is C14H21ClN2O. The van der Waals surface area contributed by atoms with E-state index in [1.807, 2.05) is 13.8 Å². The molecule has 1 fully saturated rings. The molecule has 1 aromatic rings. The summed E-state index contributed by atoms with van der Waals surface area (Å²) in [6.45, 7) is 6.79. The molecule has 0 bridgehead atoms. The highest BCUT2D eigenvalue weighted by atomic mass is 35.5. The maximum Gasteiger partial charge on any atom is 0.162 e. The Labute approximate surface area is 114 Å². The standard InChI is InChI=1S/C14H21ClN2O/c1-4-11-10(3)16-13(17-12(11)15)14(18-5-2)8-6-7-9-14/h4-9H2,1-3H3. The van der Waals surface area contributed by atoms with Gasteiger partial charge in [-0.2, -0.15) is 0 Å². The van der Waals surface area contributed by atoms with Gasteiger partial charge in [0, 0.05) is 17.9 Å². The van der Waals surface area contributed by atoms with Crippen molar-refractivity contribution in [2.45, 2.75) is 58.5 Å². The SMILES string of the molecule is CCOC1(c2nc(C)c(CC)c(Cl)n2)CCCC1. The van der Waals surface area contributed by atoms with E-state index in [0.717, 1.165) is 36.3 Å². The Hall–Kier alpha value is -0.670. The third-order valence-corrected chi connectivity index (χ3v) is 4.07. The average Bonchev–Trinajstić information content (AvgIpc) is 2.79. The molecular weight excluding hydrogens is 248 g/mol. The van der Waals surface area contributed by atoms with E-state index in [9.17, 15) is 0 Å². The fraction of sp³-hybridized carbons (Fsp3) is 0.714. The minimum atomic E-state index is -0.296. The van der Waals surface area contributed by atoms with Gasteiger partial charge >= 0.3 is 0 Å². The third kappa shape index (κ3) is 2.39. The highest BCUT2D eigenvalue weighted by molar-refractivity contribution is 6.30. The minimum absolute atomic E-state index is 0.296. The Kier molecular flexibility index (Phi) is 4.23. The molecule has 18 heavy (non-hydrogen) atoms. The number of halogens is 1. The Morgan fingerprint density at radius 1 is 1.22 bits per heavy atom. The van der Waals surface area contributed by atoms with Crippen LogP contribution >= 0.6 is 11.6 Å². The maximum absolute atomic E-state index is 6.27. The second-order valence-electron chi connectivity index (χ2n) is 4.89. The summed E-state index contributed by atoms with van der Waals surface area (Å²) in [6, 6.07) is 0. The Morgan fingerprint density at radius 3 is 2.39 bits per heavy atom. The van der Waals surface area contributed by atoms with Crippen molar-refractivity contribution < 1.29 is 4.74 Å². The fourth-order valence-electron chi connectivity index (χ4n) is 2.82. The number of hydrogen-bond acceptors (Lipinski definition) is 3. The van der Waals surface area contributed by atoms with Crippen LogP contribution in [-0.2, 0) is 16.8 Å². The summed E-state index contributed by atoms with van der Waals surface area (Å²) < 4.78 is 5.98. The molecule has 0 aromatic carbocycles. The summed E-state index contributed by atoms with van der Waals surface area (Å²) in [6.07, 6.45) is 5.22. The summed E-state index contributed by atoms with van der Waals surface area (Å²) in [5.74, 6) is 0.779. The van der Waals surface area contributed by atoms with Crippen LogP contribution in [0.2, 0.25) is 5.15 Å². The quantitative estimate of drug-likeness (QED) is 0.779. The van der Waals surface area contributed by atoms with Crippen LogP contribution in [0.15, 0.2) is 0 Å². The molecule has 1 aromatic heterocycles. The fourth-order valence-corrected chi connectivity index (χ4v) is 3.17. The topological polar surface area (TPSA) is 35.0 Å². The van der Waals surface area contributed by atoms with Gasteiger partial charge in [0.25, 0.3) is 0 Å². The number of hydrogen-bond donors (Lipinski definition) is 0. The van der Waals surface area contributed by atoms with Gasteiger partial charge in [-0.15, -0.1) is 0 Å². The summed E-state index contributed by atoms with van der Waals surface area (Å²) >= 11 is 6.27. The van der Waals surface area contributed by atoms with Gasteiger partial charge in [-0.3, -0.25) is 0 Å². The molecule has 0 amide bonds. The van der Waals surface area contributed by atoms with Gasteiger partial charge < -0.3 is 4.74 Å². The molecule has 1 aliphatic rings. The van der Waals surface area contributed by atoms with E-state index in [4.69, 9.17) is 16.3 Å². The zero-order chi connectivity index (χ0) is 13.2. The minimum Gasteiger partial charge on any atom is -0.367 e. The summed E-state index contributed by atoms with van der Waals surface area (Å²) in [5, 5.41) is 0.589. The van der Waals surface area contributed by atoms with Crippen LogP contribution in [0.1, 0.15) is 56.6 Å². The van der Waals surface area contributed by atoms with E-state index in [1.165, 1.54) is 12.8 Å². The van der Waals surface area contributed by atoms with Crippen molar-refractivity contribution in [1.82, 2.24) is 9.97 Å². The molecule has 0 unspecified atom stereocenters. The molecule has 0 radical (unpaired) electrons. The Bertz CT molecular complexity index is 405. The lowest BCUT2D eigenvalue weighted by atomic mass is 10.0. The van der Waals surface area contributed by atoms with Gasteiger partial charge in [-0.1, -0.05) is 18.5 Å². The molecule has 2 rings (SSSR count). The van der Waals surface area contributed by atoms with Crippen LogP contribution in [-0.4, -0.2) is 16.6 Å². The van der Waals surface area contributed by atoms with E-state index >= 15 is 0 Å². The maximum atomic E-state index is 6.27. The van der Waals surface area contributed by atoms with E-state index in [-0.39, 0.29) is 5.60 Å². The van der Waals surface area contributed by atoms with E-state index in [1.54, 1.807) is 0 Å². The largest absolute Gasteiger partial charge is 0.367 e. The lowest BCUT2D eigenvalue weighted by Gasteiger charge is -2.28.